The maximum Gasteiger partial charge on any atom is 0.420 e. The van der Waals surface area contributed by atoms with Gasteiger partial charge in [-0.1, -0.05) is 11.6 Å². The second-order valence-corrected chi connectivity index (χ2v) is 7.43. The minimum Gasteiger partial charge on any atom is -0.331 e. The number of alkyl halides is 6. The van der Waals surface area contributed by atoms with Gasteiger partial charge in [-0.15, -0.1) is 0 Å². The molecule has 0 fully saturated rings. The highest BCUT2D eigenvalue weighted by Crippen LogP contribution is 2.42. The molecule has 0 aliphatic rings. The molecule has 2 heterocycles. The second kappa shape index (κ2) is 8.18. The zero-order valence-electron chi connectivity index (χ0n) is 16.4. The Bertz CT molecular complexity index is 1330. The van der Waals surface area contributed by atoms with E-state index in [0.717, 1.165) is 17.4 Å². The molecule has 0 atom stereocenters. The Hall–Kier alpha value is -3.29. The number of benzene rings is 1. The number of fused-ring (bicyclic) bond motifs is 1. The molecule has 0 aliphatic carbocycles. The lowest BCUT2D eigenvalue weighted by Crippen LogP contribution is -2.65. The second-order valence-electron chi connectivity index (χ2n) is 7.04. The number of rotatable bonds is 3. The molecule has 3 rings (SSSR count). The molecule has 2 aromatic heterocycles. The first kappa shape index (κ1) is 25.3. The molecule has 3 aromatic rings. The third kappa shape index (κ3) is 4.17. The van der Waals surface area contributed by atoms with E-state index in [-0.39, 0.29) is 30.4 Å². The molecule has 0 unspecified atom stereocenters. The summed E-state index contributed by atoms with van der Waals surface area (Å²) in [7, 11) is 0. The van der Waals surface area contributed by atoms with Crippen LogP contribution < -0.4 is 10.7 Å². The Kier molecular flexibility index (Phi) is 6.10. The molecule has 0 spiro atoms. The van der Waals surface area contributed by atoms with E-state index >= 15 is 0 Å². The van der Waals surface area contributed by atoms with E-state index in [4.69, 9.17) is 11.6 Å². The number of pyridine rings is 2. The summed E-state index contributed by atoms with van der Waals surface area (Å²) in [5.74, 6) is -6.70. The van der Waals surface area contributed by atoms with Crippen LogP contribution in [0.3, 0.4) is 0 Å². The van der Waals surface area contributed by atoms with Crippen LogP contribution in [0.15, 0.2) is 35.3 Å². The summed E-state index contributed by atoms with van der Waals surface area (Å²) in [6.07, 6.45) is -11.8. The Morgan fingerprint density at radius 1 is 1.00 bits per heavy atom. The number of amides is 1. The standard InChI is InChI=1S/C19H9ClF9N3O2/c1-17(18(24,25)26,19(27,28)29)31-16(34)9-6-32(13-10(22)4-7(21)5-11(13)23)15-8(14(9)33)2-3-12(20)30-15/h2-6H,1H3,(H,31,34). The summed E-state index contributed by atoms with van der Waals surface area (Å²) < 4.78 is 122. The van der Waals surface area contributed by atoms with Crippen LogP contribution in [0, 0.1) is 17.5 Å². The van der Waals surface area contributed by atoms with E-state index in [2.05, 4.69) is 4.98 Å². The van der Waals surface area contributed by atoms with Crippen LogP contribution in [0.1, 0.15) is 17.3 Å². The maximum absolute atomic E-state index is 14.4. The average molecular weight is 518 g/mol. The summed E-state index contributed by atoms with van der Waals surface area (Å²) >= 11 is 5.72. The summed E-state index contributed by atoms with van der Waals surface area (Å²) in [6.45, 7) is -0.370. The van der Waals surface area contributed by atoms with Gasteiger partial charge in [0, 0.05) is 18.3 Å². The number of nitrogens with zero attached hydrogens (tertiary/aromatic N) is 2. The molecule has 0 saturated carbocycles. The first-order chi connectivity index (χ1) is 15.5. The van der Waals surface area contributed by atoms with Crippen molar-refractivity contribution in [1.29, 1.82) is 0 Å². The zero-order valence-corrected chi connectivity index (χ0v) is 17.1. The first-order valence-corrected chi connectivity index (χ1v) is 9.18. The molecule has 15 heteroatoms. The van der Waals surface area contributed by atoms with Gasteiger partial charge in [0.25, 0.3) is 5.91 Å². The maximum atomic E-state index is 14.4. The third-order valence-corrected chi connectivity index (χ3v) is 4.99. The largest absolute Gasteiger partial charge is 0.420 e. The van der Waals surface area contributed by atoms with E-state index in [9.17, 15) is 49.1 Å². The van der Waals surface area contributed by atoms with E-state index < -0.39 is 69.0 Å². The highest BCUT2D eigenvalue weighted by molar-refractivity contribution is 6.29. The van der Waals surface area contributed by atoms with Gasteiger partial charge in [-0.25, -0.2) is 18.2 Å². The molecule has 0 aliphatic heterocycles. The van der Waals surface area contributed by atoms with Crippen molar-refractivity contribution in [2.75, 3.05) is 0 Å². The van der Waals surface area contributed by atoms with E-state index in [0.29, 0.717) is 4.57 Å². The fraction of sp³-hybridized carbons (Fsp3) is 0.211. The molecule has 0 bridgehead atoms. The Balaban J connectivity index is 2.33. The van der Waals surface area contributed by atoms with Crippen LogP contribution in [0.2, 0.25) is 5.15 Å². The quantitative estimate of drug-likeness (QED) is 0.390. The lowest BCUT2D eigenvalue weighted by Gasteiger charge is -2.34. The monoisotopic (exact) mass is 517 g/mol. The van der Waals surface area contributed by atoms with E-state index in [1.165, 1.54) is 0 Å². The van der Waals surface area contributed by atoms with Crippen molar-refractivity contribution in [2.24, 2.45) is 0 Å². The molecular formula is C19H9ClF9N3O2. The molecule has 34 heavy (non-hydrogen) atoms. The normalized spacial score (nSPS) is 12.8. The minimum atomic E-state index is -6.04. The number of carbonyl (C=O) groups excluding carboxylic acids is 1. The van der Waals surface area contributed by atoms with Gasteiger partial charge < -0.3 is 5.32 Å². The predicted molar refractivity (Wildman–Crippen MR) is 100 cm³/mol. The predicted octanol–water partition coefficient (Wildman–Crippen LogP) is 5.07. The van der Waals surface area contributed by atoms with Crippen LogP contribution in [0.4, 0.5) is 39.5 Å². The van der Waals surface area contributed by atoms with Gasteiger partial charge in [-0.05, 0) is 19.1 Å². The van der Waals surface area contributed by atoms with Crippen LogP contribution in [0.5, 0.6) is 0 Å². The number of nitrogens with one attached hydrogen (secondary N) is 1. The van der Waals surface area contributed by atoms with E-state index in [1.807, 2.05) is 0 Å². The molecule has 182 valence electrons. The van der Waals surface area contributed by atoms with Crippen molar-refractivity contribution in [3.63, 3.8) is 0 Å². The summed E-state index contributed by atoms with van der Waals surface area (Å²) in [5, 5.41) is -0.242. The van der Waals surface area contributed by atoms with Crippen LogP contribution in [-0.2, 0) is 0 Å². The van der Waals surface area contributed by atoms with Crippen LogP contribution in [0.25, 0.3) is 16.7 Å². The molecule has 0 saturated heterocycles. The summed E-state index contributed by atoms with van der Waals surface area (Å²) in [6, 6.07) is 2.27. The highest BCUT2D eigenvalue weighted by atomic mass is 35.5. The third-order valence-electron chi connectivity index (χ3n) is 4.78. The molecule has 1 N–H and O–H groups in total. The van der Waals surface area contributed by atoms with Gasteiger partial charge in [0.15, 0.2) is 11.6 Å². The van der Waals surface area contributed by atoms with Crippen molar-refractivity contribution in [2.45, 2.75) is 24.8 Å². The van der Waals surface area contributed by atoms with Gasteiger partial charge in [0.1, 0.15) is 27.9 Å². The summed E-state index contributed by atoms with van der Waals surface area (Å²) in [4.78, 5) is 28.9. The van der Waals surface area contributed by atoms with Crippen molar-refractivity contribution in [3.8, 4) is 5.69 Å². The van der Waals surface area contributed by atoms with Gasteiger partial charge in [-0.2, -0.15) is 26.3 Å². The Morgan fingerprint density at radius 2 is 1.53 bits per heavy atom. The van der Waals surface area contributed by atoms with Gasteiger partial charge >= 0.3 is 12.4 Å². The lowest BCUT2D eigenvalue weighted by molar-refractivity contribution is -0.297. The fourth-order valence-corrected chi connectivity index (χ4v) is 3.02. The van der Waals surface area contributed by atoms with Crippen molar-refractivity contribution < 1.29 is 44.3 Å². The van der Waals surface area contributed by atoms with E-state index in [1.54, 1.807) is 0 Å². The summed E-state index contributed by atoms with van der Waals surface area (Å²) in [5.41, 5.74) is -9.30. The number of carbonyl (C=O) groups is 1. The Labute approximate surface area is 187 Å². The van der Waals surface area contributed by atoms with Gasteiger partial charge in [-0.3, -0.25) is 14.2 Å². The van der Waals surface area contributed by atoms with Crippen LogP contribution in [-0.4, -0.2) is 33.3 Å². The zero-order chi connectivity index (χ0) is 25.8. The minimum absolute atomic E-state index is 0.205. The number of hydrogen-bond acceptors (Lipinski definition) is 3. The molecule has 1 aromatic carbocycles. The molecular weight excluding hydrogens is 509 g/mol. The van der Waals surface area contributed by atoms with Crippen molar-refractivity contribution in [1.82, 2.24) is 14.9 Å². The number of hydrogen-bond donors (Lipinski definition) is 1. The molecule has 5 nitrogen and oxygen atoms in total. The number of halogens is 10. The lowest BCUT2D eigenvalue weighted by atomic mass is 10.00. The SMILES string of the molecule is CC(NC(=O)c1cn(-c2c(F)cc(F)cc2F)c2nc(Cl)ccc2c1=O)(C(F)(F)F)C(F)(F)F. The number of aromatic nitrogens is 2. The first-order valence-electron chi connectivity index (χ1n) is 8.80. The Morgan fingerprint density at radius 3 is 2.03 bits per heavy atom. The van der Waals surface area contributed by atoms with Gasteiger partial charge in [0.05, 0.1) is 5.39 Å². The topological polar surface area (TPSA) is 64.0 Å². The fourth-order valence-electron chi connectivity index (χ4n) is 2.87. The van der Waals surface area contributed by atoms with Gasteiger partial charge in [0.2, 0.25) is 11.0 Å². The van der Waals surface area contributed by atoms with Crippen LogP contribution >= 0.6 is 11.6 Å². The average Bonchev–Trinajstić information content (AvgIpc) is 2.66. The van der Waals surface area contributed by atoms with Crippen molar-refractivity contribution in [3.05, 3.63) is 68.9 Å². The smallest absolute Gasteiger partial charge is 0.331 e. The molecule has 1 amide bonds. The molecule has 0 radical (unpaired) electrons. The highest BCUT2D eigenvalue weighted by Gasteiger charge is 2.68. The van der Waals surface area contributed by atoms with Crippen molar-refractivity contribution >= 4 is 28.5 Å².